The first-order valence-electron chi connectivity index (χ1n) is 7.91. The maximum absolute atomic E-state index is 6.02. The fraction of sp³-hybridized carbons (Fsp3) is 0.647. The van der Waals surface area contributed by atoms with Crippen molar-refractivity contribution in [2.45, 2.75) is 25.0 Å². The van der Waals surface area contributed by atoms with Crippen LogP contribution in [0.3, 0.4) is 0 Å². The Morgan fingerprint density at radius 2 is 2.00 bits per heavy atom. The van der Waals surface area contributed by atoms with Crippen LogP contribution in [-0.4, -0.2) is 62.7 Å². The average molecular weight is 289 g/mol. The highest BCUT2D eigenvalue weighted by Gasteiger charge is 2.40. The predicted molar refractivity (Wildman–Crippen MR) is 85.7 cm³/mol. The number of fused-ring (bicyclic) bond motifs is 1. The van der Waals surface area contributed by atoms with Crippen LogP contribution < -0.4 is 10.1 Å². The third-order valence-electron chi connectivity index (χ3n) is 5.09. The summed E-state index contributed by atoms with van der Waals surface area (Å²) in [6.45, 7) is 5.41. The Balaban J connectivity index is 1.81. The molecule has 2 aliphatic rings. The summed E-state index contributed by atoms with van der Waals surface area (Å²) in [5.74, 6) is 1.74. The van der Waals surface area contributed by atoms with Crippen LogP contribution in [0.15, 0.2) is 24.3 Å². The van der Waals surface area contributed by atoms with Crippen molar-refractivity contribution in [3.8, 4) is 5.75 Å². The minimum Gasteiger partial charge on any atom is -0.492 e. The van der Waals surface area contributed by atoms with Gasteiger partial charge in [0.05, 0.1) is 12.1 Å². The van der Waals surface area contributed by atoms with Crippen LogP contribution >= 0.6 is 0 Å². The predicted octanol–water partition coefficient (Wildman–Crippen LogP) is 1.59. The number of nitrogens with zero attached hydrogens (tertiary/aromatic N) is 2. The van der Waals surface area contributed by atoms with E-state index in [-0.39, 0.29) is 0 Å². The van der Waals surface area contributed by atoms with Gasteiger partial charge in [0.15, 0.2) is 0 Å². The Labute approximate surface area is 128 Å². The summed E-state index contributed by atoms with van der Waals surface area (Å²) in [6.07, 6.45) is 0. The van der Waals surface area contributed by atoms with E-state index in [0.29, 0.717) is 24.0 Å². The van der Waals surface area contributed by atoms with Crippen LogP contribution in [0.5, 0.6) is 5.75 Å². The molecule has 1 N–H and O–H groups in total. The molecule has 0 radical (unpaired) electrons. The standard InChI is InChI=1S/C17H27N3O/c1-12-9-20(10-14(12)19(3)4)15-11-21-16-8-6-5-7-13(16)17(15)18-2/h5-8,12,14-15,17-18H,9-11H2,1-4H3. The molecule has 3 rings (SSSR count). The summed E-state index contributed by atoms with van der Waals surface area (Å²) >= 11 is 0. The molecule has 0 aliphatic carbocycles. The molecule has 1 aromatic rings. The van der Waals surface area contributed by atoms with E-state index < -0.39 is 0 Å². The Hall–Kier alpha value is -1.10. The second-order valence-electron chi connectivity index (χ2n) is 6.64. The van der Waals surface area contributed by atoms with E-state index in [1.54, 1.807) is 0 Å². The van der Waals surface area contributed by atoms with Crippen molar-refractivity contribution in [3.05, 3.63) is 29.8 Å². The first-order chi connectivity index (χ1) is 10.1. The van der Waals surface area contributed by atoms with E-state index in [1.807, 2.05) is 6.07 Å². The average Bonchev–Trinajstić information content (AvgIpc) is 2.88. The number of para-hydroxylation sites is 1. The van der Waals surface area contributed by atoms with Crippen LogP contribution in [0.2, 0.25) is 0 Å². The van der Waals surface area contributed by atoms with Crippen LogP contribution in [0.4, 0.5) is 0 Å². The molecule has 4 heteroatoms. The SMILES string of the molecule is CNC1c2ccccc2OCC1N1CC(C)C(N(C)C)C1. The third-order valence-corrected chi connectivity index (χ3v) is 5.09. The molecule has 0 amide bonds. The molecule has 4 atom stereocenters. The quantitative estimate of drug-likeness (QED) is 0.914. The minimum absolute atomic E-state index is 0.350. The van der Waals surface area contributed by atoms with E-state index >= 15 is 0 Å². The lowest BCUT2D eigenvalue weighted by molar-refractivity contribution is 0.101. The summed E-state index contributed by atoms with van der Waals surface area (Å²) in [5.41, 5.74) is 1.29. The van der Waals surface area contributed by atoms with E-state index in [9.17, 15) is 0 Å². The van der Waals surface area contributed by atoms with Gasteiger partial charge in [-0.25, -0.2) is 0 Å². The van der Waals surface area contributed by atoms with Gasteiger partial charge < -0.3 is 15.0 Å². The molecule has 4 unspecified atom stereocenters. The topological polar surface area (TPSA) is 27.7 Å². The normalized spacial score (nSPS) is 33.0. The van der Waals surface area contributed by atoms with Gasteiger partial charge in [0, 0.05) is 24.7 Å². The molecule has 21 heavy (non-hydrogen) atoms. The van der Waals surface area contributed by atoms with Crippen molar-refractivity contribution in [2.75, 3.05) is 40.8 Å². The smallest absolute Gasteiger partial charge is 0.124 e. The molecular weight excluding hydrogens is 262 g/mol. The maximum Gasteiger partial charge on any atom is 0.124 e. The fourth-order valence-electron chi connectivity index (χ4n) is 3.94. The molecule has 0 bridgehead atoms. The number of nitrogens with one attached hydrogen (secondary N) is 1. The van der Waals surface area contributed by atoms with Crippen molar-refractivity contribution < 1.29 is 4.74 Å². The van der Waals surface area contributed by atoms with Crippen LogP contribution in [-0.2, 0) is 0 Å². The zero-order valence-electron chi connectivity index (χ0n) is 13.5. The molecule has 0 spiro atoms. The lowest BCUT2D eigenvalue weighted by Crippen LogP contribution is -2.49. The zero-order valence-corrected chi connectivity index (χ0v) is 13.5. The molecule has 1 saturated heterocycles. The molecule has 2 heterocycles. The highest BCUT2D eigenvalue weighted by atomic mass is 16.5. The molecule has 2 aliphatic heterocycles. The van der Waals surface area contributed by atoms with Crippen molar-refractivity contribution in [2.24, 2.45) is 5.92 Å². The van der Waals surface area contributed by atoms with Crippen molar-refractivity contribution >= 4 is 0 Å². The number of hydrogen-bond acceptors (Lipinski definition) is 4. The summed E-state index contributed by atoms with van der Waals surface area (Å²) in [7, 11) is 6.43. The molecule has 116 valence electrons. The van der Waals surface area contributed by atoms with Gasteiger partial charge in [0.2, 0.25) is 0 Å². The number of rotatable bonds is 3. The molecule has 4 nitrogen and oxygen atoms in total. The Morgan fingerprint density at radius 1 is 1.24 bits per heavy atom. The van der Waals surface area contributed by atoms with E-state index in [4.69, 9.17) is 4.74 Å². The number of likely N-dealkylation sites (N-methyl/N-ethyl adjacent to an activating group) is 2. The number of likely N-dealkylation sites (tertiary alicyclic amines) is 1. The monoisotopic (exact) mass is 289 g/mol. The van der Waals surface area contributed by atoms with Gasteiger partial charge in [0.1, 0.15) is 12.4 Å². The fourth-order valence-corrected chi connectivity index (χ4v) is 3.94. The second-order valence-corrected chi connectivity index (χ2v) is 6.64. The summed E-state index contributed by atoms with van der Waals surface area (Å²) in [4.78, 5) is 4.96. The lowest BCUT2D eigenvalue weighted by atomic mass is 9.95. The van der Waals surface area contributed by atoms with Gasteiger partial charge in [-0.15, -0.1) is 0 Å². The van der Waals surface area contributed by atoms with Gasteiger partial charge in [-0.2, -0.15) is 0 Å². The molecule has 1 aromatic carbocycles. The first-order valence-corrected chi connectivity index (χ1v) is 7.91. The van der Waals surface area contributed by atoms with Gasteiger partial charge in [0.25, 0.3) is 0 Å². The van der Waals surface area contributed by atoms with Crippen LogP contribution in [0.25, 0.3) is 0 Å². The van der Waals surface area contributed by atoms with E-state index in [1.165, 1.54) is 5.56 Å². The Morgan fingerprint density at radius 3 is 2.67 bits per heavy atom. The molecule has 0 saturated carbocycles. The number of hydrogen-bond donors (Lipinski definition) is 1. The van der Waals surface area contributed by atoms with Gasteiger partial charge in [-0.3, -0.25) is 4.90 Å². The van der Waals surface area contributed by atoms with E-state index in [2.05, 4.69) is 61.4 Å². The zero-order chi connectivity index (χ0) is 15.0. The van der Waals surface area contributed by atoms with Gasteiger partial charge in [-0.05, 0) is 33.1 Å². The largest absolute Gasteiger partial charge is 0.492 e. The molecule has 1 fully saturated rings. The first kappa shape index (κ1) is 14.8. The summed E-state index contributed by atoms with van der Waals surface area (Å²) < 4.78 is 6.02. The lowest BCUT2D eigenvalue weighted by Gasteiger charge is -2.39. The Bertz CT molecular complexity index is 491. The van der Waals surface area contributed by atoms with E-state index in [0.717, 1.165) is 25.4 Å². The molecular formula is C17H27N3O. The second kappa shape index (κ2) is 5.95. The van der Waals surface area contributed by atoms with Crippen LogP contribution in [0, 0.1) is 5.92 Å². The van der Waals surface area contributed by atoms with Crippen molar-refractivity contribution in [1.29, 1.82) is 0 Å². The molecule has 0 aromatic heterocycles. The Kier molecular flexibility index (Phi) is 4.20. The minimum atomic E-state index is 0.350. The van der Waals surface area contributed by atoms with Gasteiger partial charge in [-0.1, -0.05) is 25.1 Å². The van der Waals surface area contributed by atoms with Gasteiger partial charge >= 0.3 is 0 Å². The summed E-state index contributed by atoms with van der Waals surface area (Å²) in [5, 5.41) is 3.51. The maximum atomic E-state index is 6.02. The van der Waals surface area contributed by atoms with Crippen molar-refractivity contribution in [1.82, 2.24) is 15.1 Å². The number of benzene rings is 1. The van der Waals surface area contributed by atoms with Crippen LogP contribution in [0.1, 0.15) is 18.5 Å². The highest BCUT2D eigenvalue weighted by Crippen LogP contribution is 2.36. The van der Waals surface area contributed by atoms with Crippen molar-refractivity contribution in [3.63, 3.8) is 0 Å². The highest BCUT2D eigenvalue weighted by molar-refractivity contribution is 5.38. The third kappa shape index (κ3) is 2.68. The number of ether oxygens (including phenoxy) is 1. The summed E-state index contributed by atoms with van der Waals surface area (Å²) in [6, 6.07) is 9.81.